The fourth-order valence-electron chi connectivity index (χ4n) is 6.60. The van der Waals surface area contributed by atoms with E-state index in [9.17, 15) is 9.59 Å². The van der Waals surface area contributed by atoms with Gasteiger partial charge >= 0.3 is 0 Å². The fourth-order valence-corrected chi connectivity index (χ4v) is 6.60. The second kappa shape index (κ2) is 6.26. The zero-order chi connectivity index (χ0) is 17.7. The molecule has 5 aliphatic rings. The molecule has 2 amide bonds. The summed E-state index contributed by atoms with van der Waals surface area (Å²) in [5.74, 6) is 2.70. The van der Waals surface area contributed by atoms with Gasteiger partial charge in [-0.3, -0.25) is 9.59 Å². The molecule has 4 saturated carbocycles. The van der Waals surface area contributed by atoms with Gasteiger partial charge in [0.15, 0.2) is 0 Å². The van der Waals surface area contributed by atoms with Crippen molar-refractivity contribution in [1.82, 2.24) is 10.2 Å². The molecular formula is C20H33N3O2. The second-order valence-corrected chi connectivity index (χ2v) is 9.95. The summed E-state index contributed by atoms with van der Waals surface area (Å²) in [6, 6.07) is 0. The van der Waals surface area contributed by atoms with Crippen molar-refractivity contribution in [3.05, 3.63) is 0 Å². The van der Waals surface area contributed by atoms with Crippen LogP contribution in [0.5, 0.6) is 0 Å². The number of carbonyl (C=O) groups is 2. The lowest BCUT2D eigenvalue weighted by molar-refractivity contribution is -0.135. The van der Waals surface area contributed by atoms with E-state index in [-0.39, 0.29) is 29.2 Å². The van der Waals surface area contributed by atoms with E-state index in [2.05, 4.69) is 12.2 Å². The minimum atomic E-state index is 0.0380. The van der Waals surface area contributed by atoms with Crippen molar-refractivity contribution in [2.45, 2.75) is 58.3 Å². The highest BCUT2D eigenvalue weighted by atomic mass is 16.2. The highest BCUT2D eigenvalue weighted by Gasteiger charge is 2.51. The standard InChI is InChI=1S/C20H33N3O2/c1-19(12-21)2-3-23(13-19)18(25)11-22-17(24)10-20-7-14-4-15(8-20)6-16(5-14)9-20/h14-16H,2-13,21H2,1H3,(H,22,24). The van der Waals surface area contributed by atoms with E-state index in [1.54, 1.807) is 0 Å². The van der Waals surface area contributed by atoms with Crippen LogP contribution >= 0.6 is 0 Å². The molecule has 4 aliphatic carbocycles. The number of amides is 2. The van der Waals surface area contributed by atoms with E-state index in [0.717, 1.165) is 30.7 Å². The zero-order valence-electron chi connectivity index (χ0n) is 15.6. The van der Waals surface area contributed by atoms with Crippen LogP contribution in [0.3, 0.4) is 0 Å². The van der Waals surface area contributed by atoms with E-state index < -0.39 is 0 Å². The number of likely N-dealkylation sites (tertiary alicyclic amines) is 1. The number of hydrogen-bond donors (Lipinski definition) is 2. The van der Waals surface area contributed by atoms with Gasteiger partial charge < -0.3 is 16.0 Å². The smallest absolute Gasteiger partial charge is 0.241 e. The molecule has 140 valence electrons. The van der Waals surface area contributed by atoms with Crippen molar-refractivity contribution >= 4 is 11.8 Å². The van der Waals surface area contributed by atoms with Gasteiger partial charge in [0.25, 0.3) is 0 Å². The van der Waals surface area contributed by atoms with Crippen LogP contribution in [0.25, 0.3) is 0 Å². The van der Waals surface area contributed by atoms with Crippen LogP contribution in [0.2, 0.25) is 0 Å². The Morgan fingerprint density at radius 2 is 1.72 bits per heavy atom. The SMILES string of the molecule is CC1(CN)CCN(C(=O)CNC(=O)CC23CC4CC(CC(C4)C2)C3)C1. The van der Waals surface area contributed by atoms with E-state index in [4.69, 9.17) is 5.73 Å². The van der Waals surface area contributed by atoms with E-state index in [0.29, 0.717) is 19.5 Å². The fraction of sp³-hybridized carbons (Fsp3) is 0.900. The largest absolute Gasteiger partial charge is 0.347 e. The minimum absolute atomic E-state index is 0.0380. The Morgan fingerprint density at radius 1 is 1.12 bits per heavy atom. The Balaban J connectivity index is 1.27. The van der Waals surface area contributed by atoms with Gasteiger partial charge in [-0.25, -0.2) is 0 Å². The van der Waals surface area contributed by atoms with Crippen LogP contribution in [0.4, 0.5) is 0 Å². The number of carbonyl (C=O) groups excluding carboxylic acids is 2. The molecular weight excluding hydrogens is 314 g/mol. The van der Waals surface area contributed by atoms with Crippen LogP contribution in [-0.2, 0) is 9.59 Å². The quantitative estimate of drug-likeness (QED) is 0.798. The summed E-state index contributed by atoms with van der Waals surface area (Å²) in [6.45, 7) is 4.36. The normalized spacial score (nSPS) is 42.0. The molecule has 1 saturated heterocycles. The summed E-state index contributed by atoms with van der Waals surface area (Å²) >= 11 is 0. The Labute approximate surface area is 151 Å². The summed E-state index contributed by atoms with van der Waals surface area (Å²) in [5, 5.41) is 2.92. The van der Waals surface area contributed by atoms with Crippen LogP contribution in [0.1, 0.15) is 58.3 Å². The van der Waals surface area contributed by atoms with E-state index in [1.165, 1.54) is 38.5 Å². The predicted molar refractivity (Wildman–Crippen MR) is 96.6 cm³/mol. The average Bonchev–Trinajstić information content (AvgIpc) is 2.94. The highest BCUT2D eigenvalue weighted by Crippen LogP contribution is 2.61. The maximum atomic E-state index is 12.5. The maximum Gasteiger partial charge on any atom is 0.241 e. The third kappa shape index (κ3) is 3.44. The molecule has 0 radical (unpaired) electrons. The van der Waals surface area contributed by atoms with Gasteiger partial charge in [-0.15, -0.1) is 0 Å². The number of nitrogens with one attached hydrogen (secondary N) is 1. The first-order valence-electron chi connectivity index (χ1n) is 10.1. The van der Waals surface area contributed by atoms with Gasteiger partial charge in [0.05, 0.1) is 6.54 Å². The van der Waals surface area contributed by atoms with Gasteiger partial charge in [-0.05, 0) is 80.1 Å². The molecule has 5 fully saturated rings. The molecule has 5 nitrogen and oxygen atoms in total. The highest BCUT2D eigenvalue weighted by molar-refractivity contribution is 5.85. The van der Waals surface area contributed by atoms with Gasteiger partial charge in [0, 0.05) is 19.5 Å². The van der Waals surface area contributed by atoms with Gasteiger partial charge in [-0.1, -0.05) is 6.92 Å². The number of rotatable bonds is 5. The monoisotopic (exact) mass is 347 g/mol. The molecule has 5 rings (SSSR count). The molecule has 0 aromatic carbocycles. The molecule has 0 spiro atoms. The van der Waals surface area contributed by atoms with Crippen molar-refractivity contribution < 1.29 is 9.59 Å². The lowest BCUT2D eigenvalue weighted by Crippen LogP contribution is -2.48. The lowest BCUT2D eigenvalue weighted by atomic mass is 9.49. The number of nitrogens with two attached hydrogens (primary N) is 1. The molecule has 4 bridgehead atoms. The first-order chi connectivity index (χ1) is 11.9. The molecule has 1 heterocycles. The summed E-state index contributed by atoms with van der Waals surface area (Å²) in [4.78, 5) is 26.8. The average molecular weight is 348 g/mol. The predicted octanol–water partition coefficient (Wildman–Crippen LogP) is 1.91. The summed E-state index contributed by atoms with van der Waals surface area (Å²) in [5.41, 5.74) is 6.09. The molecule has 0 aromatic rings. The first-order valence-corrected chi connectivity index (χ1v) is 10.1. The van der Waals surface area contributed by atoms with Crippen molar-refractivity contribution in [2.24, 2.45) is 34.3 Å². The number of nitrogens with zero attached hydrogens (tertiary/aromatic N) is 1. The molecule has 25 heavy (non-hydrogen) atoms. The maximum absolute atomic E-state index is 12.5. The minimum Gasteiger partial charge on any atom is -0.347 e. The second-order valence-electron chi connectivity index (χ2n) is 9.95. The Morgan fingerprint density at radius 3 is 2.24 bits per heavy atom. The third-order valence-corrected chi connectivity index (χ3v) is 7.54. The topological polar surface area (TPSA) is 75.4 Å². The lowest BCUT2D eigenvalue weighted by Gasteiger charge is -2.56. The summed E-state index contributed by atoms with van der Waals surface area (Å²) in [6.07, 6.45) is 9.49. The van der Waals surface area contributed by atoms with Crippen LogP contribution in [0.15, 0.2) is 0 Å². The van der Waals surface area contributed by atoms with Crippen molar-refractivity contribution in [3.8, 4) is 0 Å². The van der Waals surface area contributed by atoms with Crippen molar-refractivity contribution in [1.29, 1.82) is 0 Å². The van der Waals surface area contributed by atoms with Gasteiger partial charge in [-0.2, -0.15) is 0 Å². The first kappa shape index (κ1) is 17.3. The third-order valence-electron chi connectivity index (χ3n) is 7.54. The Kier molecular flexibility index (Phi) is 4.33. The Bertz CT molecular complexity index is 526. The van der Waals surface area contributed by atoms with E-state index >= 15 is 0 Å². The van der Waals surface area contributed by atoms with Crippen LogP contribution in [0, 0.1) is 28.6 Å². The zero-order valence-corrected chi connectivity index (χ0v) is 15.6. The molecule has 5 heteroatoms. The van der Waals surface area contributed by atoms with Gasteiger partial charge in [0.2, 0.25) is 11.8 Å². The van der Waals surface area contributed by atoms with Crippen LogP contribution < -0.4 is 11.1 Å². The summed E-state index contributed by atoms with van der Waals surface area (Å²) in [7, 11) is 0. The Hall–Kier alpha value is -1.10. The molecule has 1 aliphatic heterocycles. The molecule has 3 N–H and O–H groups in total. The summed E-state index contributed by atoms with van der Waals surface area (Å²) < 4.78 is 0. The number of hydrogen-bond acceptors (Lipinski definition) is 3. The molecule has 0 aromatic heterocycles. The van der Waals surface area contributed by atoms with E-state index in [1.807, 2.05) is 4.90 Å². The van der Waals surface area contributed by atoms with Crippen molar-refractivity contribution in [2.75, 3.05) is 26.2 Å². The van der Waals surface area contributed by atoms with Crippen molar-refractivity contribution in [3.63, 3.8) is 0 Å². The molecule has 1 atom stereocenters. The molecule has 1 unspecified atom stereocenters. The van der Waals surface area contributed by atoms with Gasteiger partial charge in [0.1, 0.15) is 0 Å². The van der Waals surface area contributed by atoms with Crippen LogP contribution in [-0.4, -0.2) is 42.9 Å².